The first kappa shape index (κ1) is 12.9. The number of aldehydes is 1. The zero-order chi connectivity index (χ0) is 13.8. The van der Waals surface area contributed by atoms with E-state index in [9.17, 15) is 14.9 Å². The number of hydrogen-bond acceptors (Lipinski definition) is 8. The molecule has 0 fully saturated rings. The predicted octanol–water partition coefficient (Wildman–Crippen LogP) is 1.33. The Bertz CT molecular complexity index is 649. The third-order valence-electron chi connectivity index (χ3n) is 2.09. The number of nitro groups is 1. The van der Waals surface area contributed by atoms with Crippen molar-refractivity contribution in [1.29, 1.82) is 0 Å². The number of nitrogens with zero attached hydrogens (tertiary/aromatic N) is 4. The Kier molecular flexibility index (Phi) is 3.66. The van der Waals surface area contributed by atoms with Crippen molar-refractivity contribution < 1.29 is 9.72 Å². The van der Waals surface area contributed by atoms with Gasteiger partial charge in [0.15, 0.2) is 5.16 Å². The molecular weight excluding hydrogens is 270 g/mol. The van der Waals surface area contributed by atoms with Crippen LogP contribution in [-0.4, -0.2) is 26.2 Å². The molecule has 2 aromatic rings. The molecule has 0 saturated heterocycles. The summed E-state index contributed by atoms with van der Waals surface area (Å²) in [5, 5.41) is 11.2. The average Bonchev–Trinajstić information content (AvgIpc) is 2.39. The quantitative estimate of drug-likeness (QED) is 0.504. The van der Waals surface area contributed by atoms with Gasteiger partial charge in [0.2, 0.25) is 5.95 Å². The molecule has 1 aromatic carbocycles. The van der Waals surface area contributed by atoms with E-state index in [1.54, 1.807) is 0 Å². The van der Waals surface area contributed by atoms with E-state index in [2.05, 4.69) is 15.0 Å². The van der Waals surface area contributed by atoms with Gasteiger partial charge in [0.1, 0.15) is 12.6 Å². The summed E-state index contributed by atoms with van der Waals surface area (Å²) in [6.07, 6.45) is 1.76. The zero-order valence-corrected chi connectivity index (χ0v) is 10.2. The Morgan fingerprint density at radius 1 is 1.37 bits per heavy atom. The third-order valence-corrected chi connectivity index (χ3v) is 3.03. The summed E-state index contributed by atoms with van der Waals surface area (Å²) in [5.41, 5.74) is 5.44. The molecule has 2 rings (SSSR count). The number of carbonyl (C=O) groups is 1. The molecule has 0 aliphatic carbocycles. The summed E-state index contributed by atoms with van der Waals surface area (Å²) in [7, 11) is 0. The zero-order valence-electron chi connectivity index (χ0n) is 9.39. The first-order valence-corrected chi connectivity index (χ1v) is 5.78. The molecule has 19 heavy (non-hydrogen) atoms. The van der Waals surface area contributed by atoms with Gasteiger partial charge < -0.3 is 5.73 Å². The Balaban J connectivity index is 2.39. The Labute approximate surface area is 111 Å². The molecule has 0 bridgehead atoms. The molecule has 8 nitrogen and oxygen atoms in total. The van der Waals surface area contributed by atoms with Crippen molar-refractivity contribution in [2.24, 2.45) is 0 Å². The van der Waals surface area contributed by atoms with Crippen LogP contribution in [0.5, 0.6) is 0 Å². The summed E-state index contributed by atoms with van der Waals surface area (Å²) in [5.74, 6) is 0.0321. The van der Waals surface area contributed by atoms with Gasteiger partial charge in [-0.2, -0.15) is 4.98 Å². The number of rotatable bonds is 4. The third kappa shape index (κ3) is 3.01. The van der Waals surface area contributed by atoms with E-state index >= 15 is 0 Å². The lowest BCUT2D eigenvalue weighted by molar-refractivity contribution is -0.387. The number of anilines is 1. The smallest absolute Gasteiger partial charge is 0.284 e. The molecule has 0 radical (unpaired) electrons. The number of carbonyl (C=O) groups excluding carboxylic acids is 1. The lowest BCUT2D eigenvalue weighted by Gasteiger charge is -2.02. The van der Waals surface area contributed by atoms with Crippen molar-refractivity contribution in [3.05, 3.63) is 40.2 Å². The summed E-state index contributed by atoms with van der Waals surface area (Å²) in [4.78, 5) is 32.6. The maximum atomic E-state index is 10.9. The van der Waals surface area contributed by atoms with Crippen molar-refractivity contribution in [3.63, 3.8) is 0 Å². The van der Waals surface area contributed by atoms with Crippen molar-refractivity contribution in [1.82, 2.24) is 15.0 Å². The van der Waals surface area contributed by atoms with Crippen LogP contribution in [0.1, 0.15) is 10.4 Å². The fraction of sp³-hybridized carbons (Fsp3) is 0. The Hall–Kier alpha value is -2.55. The van der Waals surface area contributed by atoms with Crippen LogP contribution in [0.25, 0.3) is 0 Å². The van der Waals surface area contributed by atoms with Gasteiger partial charge in [-0.3, -0.25) is 14.9 Å². The Morgan fingerprint density at radius 2 is 2.16 bits per heavy atom. The molecule has 0 aliphatic heterocycles. The van der Waals surface area contributed by atoms with E-state index in [1.807, 2.05) is 0 Å². The van der Waals surface area contributed by atoms with E-state index in [0.717, 1.165) is 11.8 Å². The summed E-state index contributed by atoms with van der Waals surface area (Å²) in [6.45, 7) is 0. The Morgan fingerprint density at radius 3 is 2.79 bits per heavy atom. The molecule has 0 spiro atoms. The number of nitrogens with two attached hydrogens (primary N) is 1. The predicted molar refractivity (Wildman–Crippen MR) is 66.8 cm³/mol. The van der Waals surface area contributed by atoms with E-state index < -0.39 is 4.92 Å². The first-order chi connectivity index (χ1) is 9.10. The normalized spacial score (nSPS) is 10.1. The maximum Gasteiger partial charge on any atom is 0.284 e. The standard InChI is InChI=1S/C10H7N5O3S/c11-9-12-5-13-10(14-9)19-8-2-1-6(4-16)3-7(8)15(17)18/h1-5H,(H2,11,12,13,14). The molecule has 9 heteroatoms. The molecule has 1 heterocycles. The number of nitro benzene ring substituents is 1. The van der Waals surface area contributed by atoms with Crippen LogP contribution in [0.3, 0.4) is 0 Å². The lowest BCUT2D eigenvalue weighted by Crippen LogP contribution is -1.98. The highest BCUT2D eigenvalue weighted by atomic mass is 32.2. The molecular formula is C10H7N5O3S. The first-order valence-electron chi connectivity index (χ1n) is 4.96. The van der Waals surface area contributed by atoms with Gasteiger partial charge in [-0.1, -0.05) is 6.07 Å². The SMILES string of the molecule is Nc1ncnc(Sc2ccc(C=O)cc2[N+](=O)[O-])n1. The maximum absolute atomic E-state index is 10.9. The second-order valence-corrected chi connectivity index (χ2v) is 4.34. The second kappa shape index (κ2) is 5.40. The van der Waals surface area contributed by atoms with E-state index in [4.69, 9.17) is 5.73 Å². The van der Waals surface area contributed by atoms with Crippen molar-refractivity contribution in [3.8, 4) is 0 Å². The van der Waals surface area contributed by atoms with E-state index in [-0.39, 0.29) is 22.4 Å². The monoisotopic (exact) mass is 277 g/mol. The van der Waals surface area contributed by atoms with Gasteiger partial charge in [-0.15, -0.1) is 0 Å². The fourth-order valence-corrected chi connectivity index (χ4v) is 2.09. The van der Waals surface area contributed by atoms with Gasteiger partial charge in [0.25, 0.3) is 5.69 Å². The molecule has 2 N–H and O–H groups in total. The number of aromatic nitrogens is 3. The fourth-order valence-electron chi connectivity index (χ4n) is 1.28. The van der Waals surface area contributed by atoms with Crippen molar-refractivity contribution in [2.75, 3.05) is 5.73 Å². The highest BCUT2D eigenvalue weighted by molar-refractivity contribution is 7.99. The van der Waals surface area contributed by atoms with E-state index in [0.29, 0.717) is 11.2 Å². The van der Waals surface area contributed by atoms with Crippen LogP contribution in [0.4, 0.5) is 11.6 Å². The van der Waals surface area contributed by atoms with Gasteiger partial charge >= 0.3 is 0 Å². The van der Waals surface area contributed by atoms with Crippen molar-refractivity contribution in [2.45, 2.75) is 10.1 Å². The van der Waals surface area contributed by atoms with Crippen LogP contribution in [0, 0.1) is 10.1 Å². The van der Waals surface area contributed by atoms with E-state index in [1.165, 1.54) is 24.5 Å². The van der Waals surface area contributed by atoms with Crippen LogP contribution in [0.15, 0.2) is 34.6 Å². The highest BCUT2D eigenvalue weighted by Gasteiger charge is 2.16. The van der Waals surface area contributed by atoms with Crippen molar-refractivity contribution >= 4 is 29.7 Å². The minimum atomic E-state index is -0.570. The molecule has 0 atom stereocenters. The summed E-state index contributed by atoms with van der Waals surface area (Å²) >= 11 is 0.976. The minimum absolute atomic E-state index is 0.0321. The largest absolute Gasteiger partial charge is 0.368 e. The topological polar surface area (TPSA) is 125 Å². The molecule has 0 saturated carbocycles. The highest BCUT2D eigenvalue weighted by Crippen LogP contribution is 2.33. The van der Waals surface area contributed by atoms with Gasteiger partial charge in [0, 0.05) is 11.6 Å². The number of nitrogen functional groups attached to an aromatic ring is 1. The van der Waals surface area contributed by atoms with Crippen LogP contribution in [0.2, 0.25) is 0 Å². The number of hydrogen-bond donors (Lipinski definition) is 1. The van der Waals surface area contributed by atoms with Gasteiger partial charge in [0.05, 0.1) is 9.82 Å². The molecule has 1 aromatic heterocycles. The second-order valence-electron chi connectivity index (χ2n) is 3.33. The molecule has 0 aliphatic rings. The summed E-state index contributed by atoms with van der Waals surface area (Å²) < 4.78 is 0. The molecule has 96 valence electrons. The average molecular weight is 277 g/mol. The van der Waals surface area contributed by atoms with Crippen LogP contribution < -0.4 is 5.73 Å². The molecule has 0 unspecified atom stereocenters. The minimum Gasteiger partial charge on any atom is -0.368 e. The van der Waals surface area contributed by atoms with Crippen LogP contribution >= 0.6 is 11.8 Å². The van der Waals surface area contributed by atoms with Gasteiger partial charge in [-0.05, 0) is 17.8 Å². The summed E-state index contributed by atoms with van der Waals surface area (Å²) in [6, 6.07) is 4.14. The van der Waals surface area contributed by atoms with Crippen LogP contribution in [-0.2, 0) is 0 Å². The molecule has 0 amide bonds. The lowest BCUT2D eigenvalue weighted by atomic mass is 10.2. The number of benzene rings is 1. The van der Waals surface area contributed by atoms with Gasteiger partial charge in [-0.25, -0.2) is 9.97 Å².